The van der Waals surface area contributed by atoms with E-state index in [4.69, 9.17) is 0 Å². The van der Waals surface area contributed by atoms with Crippen LogP contribution in [-0.4, -0.2) is 26.8 Å². The molecule has 0 aliphatic carbocycles. The fourth-order valence-corrected chi connectivity index (χ4v) is 1.88. The lowest BCUT2D eigenvalue weighted by Crippen LogP contribution is -1.99. The number of para-hydroxylation sites is 1. The molecule has 0 unspecified atom stereocenters. The van der Waals surface area contributed by atoms with Crippen molar-refractivity contribution in [1.82, 2.24) is 14.6 Å². The monoisotopic (exact) mass is 240 g/mol. The molecule has 0 spiro atoms. The van der Waals surface area contributed by atoms with Crippen LogP contribution in [0.5, 0.6) is 5.75 Å². The molecule has 0 bridgehead atoms. The summed E-state index contributed by atoms with van der Waals surface area (Å²) in [5.74, 6) is 0.966. The fourth-order valence-electron chi connectivity index (χ4n) is 1.88. The molecular formula is C13H12N4O. The van der Waals surface area contributed by atoms with Crippen molar-refractivity contribution in [1.29, 1.82) is 0 Å². The summed E-state index contributed by atoms with van der Waals surface area (Å²) in [4.78, 5) is 4.27. The van der Waals surface area contributed by atoms with Gasteiger partial charge in [0.25, 0.3) is 0 Å². The molecule has 2 N–H and O–H groups in total. The normalized spacial score (nSPS) is 10.7. The van der Waals surface area contributed by atoms with Crippen LogP contribution in [0.3, 0.4) is 0 Å². The van der Waals surface area contributed by atoms with Crippen LogP contribution in [0.4, 0.5) is 5.82 Å². The Morgan fingerprint density at radius 3 is 2.78 bits per heavy atom. The van der Waals surface area contributed by atoms with Crippen molar-refractivity contribution in [2.24, 2.45) is 0 Å². The van der Waals surface area contributed by atoms with Gasteiger partial charge in [0, 0.05) is 12.6 Å². The maximum absolute atomic E-state index is 9.88. The Labute approximate surface area is 104 Å². The van der Waals surface area contributed by atoms with E-state index in [1.54, 1.807) is 22.8 Å². The van der Waals surface area contributed by atoms with Gasteiger partial charge in [0.1, 0.15) is 11.6 Å². The lowest BCUT2D eigenvalue weighted by Gasteiger charge is -2.05. The van der Waals surface area contributed by atoms with Crippen molar-refractivity contribution >= 4 is 11.5 Å². The minimum Gasteiger partial charge on any atom is -0.507 e. The summed E-state index contributed by atoms with van der Waals surface area (Å²) in [6.07, 6.45) is 1.71. The molecule has 2 heterocycles. The first-order valence-electron chi connectivity index (χ1n) is 5.60. The molecule has 3 aromatic rings. The number of aromatic hydroxyl groups is 1. The average molecular weight is 240 g/mol. The van der Waals surface area contributed by atoms with Crippen LogP contribution in [0, 0.1) is 0 Å². The maximum Gasteiger partial charge on any atom is 0.154 e. The third-order valence-electron chi connectivity index (χ3n) is 2.80. The van der Waals surface area contributed by atoms with Gasteiger partial charge >= 0.3 is 0 Å². The van der Waals surface area contributed by atoms with Crippen LogP contribution >= 0.6 is 0 Å². The van der Waals surface area contributed by atoms with E-state index >= 15 is 0 Å². The molecule has 5 nitrogen and oxygen atoms in total. The highest BCUT2D eigenvalue weighted by molar-refractivity contribution is 5.69. The van der Waals surface area contributed by atoms with E-state index in [0.29, 0.717) is 5.56 Å². The number of rotatable bonds is 2. The Morgan fingerprint density at radius 1 is 1.17 bits per heavy atom. The van der Waals surface area contributed by atoms with Crippen LogP contribution < -0.4 is 5.32 Å². The Kier molecular flexibility index (Phi) is 2.37. The molecule has 0 fully saturated rings. The van der Waals surface area contributed by atoms with Crippen molar-refractivity contribution in [3.8, 4) is 17.0 Å². The van der Waals surface area contributed by atoms with Gasteiger partial charge in [-0.2, -0.15) is 0 Å². The van der Waals surface area contributed by atoms with Crippen LogP contribution in [0.1, 0.15) is 0 Å². The predicted octanol–water partition coefficient (Wildman–Crippen LogP) is 2.14. The molecule has 0 atom stereocenters. The first-order valence-corrected chi connectivity index (χ1v) is 5.60. The highest BCUT2D eigenvalue weighted by atomic mass is 16.3. The van der Waals surface area contributed by atoms with E-state index in [2.05, 4.69) is 15.4 Å². The number of nitrogens with one attached hydrogen (secondary N) is 1. The number of nitrogens with zero attached hydrogens (tertiary/aromatic N) is 3. The second-order valence-electron chi connectivity index (χ2n) is 3.90. The minimum atomic E-state index is 0.218. The van der Waals surface area contributed by atoms with Gasteiger partial charge in [-0.05, 0) is 24.3 Å². The van der Waals surface area contributed by atoms with Crippen molar-refractivity contribution in [2.45, 2.75) is 0 Å². The Bertz CT molecular complexity index is 705. The maximum atomic E-state index is 9.88. The second-order valence-corrected chi connectivity index (χ2v) is 3.90. The standard InChI is InChI=1S/C13H12N4O/c1-14-12-6-7-13-15-8-10(17(13)16-12)9-4-2-3-5-11(9)18/h2-8,18H,1H3,(H,14,16). The summed E-state index contributed by atoms with van der Waals surface area (Å²) in [6, 6.07) is 10.9. The fraction of sp³-hybridized carbons (Fsp3) is 0.0769. The molecule has 2 aromatic heterocycles. The number of fused-ring (bicyclic) bond motifs is 1. The topological polar surface area (TPSA) is 62.5 Å². The number of aromatic nitrogens is 3. The van der Waals surface area contributed by atoms with Crippen molar-refractivity contribution in [3.63, 3.8) is 0 Å². The molecule has 0 aliphatic heterocycles. The van der Waals surface area contributed by atoms with Crippen molar-refractivity contribution in [2.75, 3.05) is 12.4 Å². The molecule has 0 radical (unpaired) electrons. The molecule has 18 heavy (non-hydrogen) atoms. The minimum absolute atomic E-state index is 0.218. The SMILES string of the molecule is CNc1ccc2ncc(-c3ccccc3O)n2n1. The third kappa shape index (κ3) is 1.57. The molecule has 0 saturated carbocycles. The van der Waals surface area contributed by atoms with Gasteiger partial charge < -0.3 is 10.4 Å². The van der Waals surface area contributed by atoms with Crippen LogP contribution in [0.15, 0.2) is 42.6 Å². The first kappa shape index (κ1) is 10.6. The number of hydrogen-bond donors (Lipinski definition) is 2. The number of phenolic OH excluding ortho intramolecular Hbond substituents is 1. The molecule has 1 aromatic carbocycles. The predicted molar refractivity (Wildman–Crippen MR) is 69.6 cm³/mol. The summed E-state index contributed by atoms with van der Waals surface area (Å²) >= 11 is 0. The van der Waals surface area contributed by atoms with Crippen molar-refractivity contribution in [3.05, 3.63) is 42.6 Å². The highest BCUT2D eigenvalue weighted by Gasteiger charge is 2.10. The van der Waals surface area contributed by atoms with E-state index < -0.39 is 0 Å². The Morgan fingerprint density at radius 2 is 2.00 bits per heavy atom. The second kappa shape index (κ2) is 4.03. The number of phenols is 1. The van der Waals surface area contributed by atoms with Gasteiger partial charge in [-0.3, -0.25) is 0 Å². The zero-order valence-corrected chi connectivity index (χ0v) is 9.83. The van der Waals surface area contributed by atoms with Crippen LogP contribution in [0.25, 0.3) is 16.9 Å². The molecule has 3 rings (SSSR count). The largest absolute Gasteiger partial charge is 0.507 e. The molecule has 0 saturated heterocycles. The zero-order chi connectivity index (χ0) is 12.5. The quantitative estimate of drug-likeness (QED) is 0.720. The van der Waals surface area contributed by atoms with E-state index in [0.717, 1.165) is 17.2 Å². The Balaban J connectivity index is 2.26. The van der Waals surface area contributed by atoms with Gasteiger partial charge in [-0.1, -0.05) is 12.1 Å². The summed E-state index contributed by atoms with van der Waals surface area (Å²) in [7, 11) is 1.81. The first-order chi connectivity index (χ1) is 8.79. The highest BCUT2D eigenvalue weighted by Crippen LogP contribution is 2.28. The summed E-state index contributed by atoms with van der Waals surface area (Å²) in [5.41, 5.74) is 2.22. The van der Waals surface area contributed by atoms with Gasteiger partial charge in [0.05, 0.1) is 11.9 Å². The number of imidazole rings is 1. The molecular weight excluding hydrogens is 228 g/mol. The lowest BCUT2D eigenvalue weighted by molar-refractivity contribution is 0.477. The number of benzene rings is 1. The van der Waals surface area contributed by atoms with E-state index in [-0.39, 0.29) is 5.75 Å². The molecule has 0 aliphatic rings. The average Bonchev–Trinajstić information content (AvgIpc) is 2.82. The van der Waals surface area contributed by atoms with Gasteiger partial charge in [0.15, 0.2) is 5.65 Å². The summed E-state index contributed by atoms with van der Waals surface area (Å²) in [6.45, 7) is 0. The molecule has 5 heteroatoms. The lowest BCUT2D eigenvalue weighted by atomic mass is 10.1. The molecule has 90 valence electrons. The van der Waals surface area contributed by atoms with Gasteiger partial charge in [-0.15, -0.1) is 5.10 Å². The van der Waals surface area contributed by atoms with Gasteiger partial charge in [0.2, 0.25) is 0 Å². The summed E-state index contributed by atoms with van der Waals surface area (Å²) in [5, 5.41) is 17.3. The van der Waals surface area contributed by atoms with E-state index in [1.165, 1.54) is 0 Å². The number of anilines is 1. The van der Waals surface area contributed by atoms with Gasteiger partial charge in [-0.25, -0.2) is 9.50 Å². The Hall–Kier alpha value is -2.56. The summed E-state index contributed by atoms with van der Waals surface area (Å²) < 4.78 is 1.71. The number of hydrogen-bond acceptors (Lipinski definition) is 4. The zero-order valence-electron chi connectivity index (χ0n) is 9.83. The van der Waals surface area contributed by atoms with E-state index in [1.807, 2.05) is 31.3 Å². The van der Waals surface area contributed by atoms with E-state index in [9.17, 15) is 5.11 Å². The van der Waals surface area contributed by atoms with Crippen molar-refractivity contribution < 1.29 is 5.11 Å². The van der Waals surface area contributed by atoms with Crippen LogP contribution in [-0.2, 0) is 0 Å². The smallest absolute Gasteiger partial charge is 0.154 e. The van der Waals surface area contributed by atoms with Crippen LogP contribution in [0.2, 0.25) is 0 Å². The third-order valence-corrected chi connectivity index (χ3v) is 2.80. The molecule has 0 amide bonds.